The SMILES string of the molecule is O=C(Nc1ccccc1CBr)C1CCCc2sccc21. The molecular weight excluding hydrogens is 334 g/mol. The highest BCUT2D eigenvalue weighted by Gasteiger charge is 2.27. The van der Waals surface area contributed by atoms with Crippen molar-refractivity contribution in [2.45, 2.75) is 30.5 Å². The average molecular weight is 350 g/mol. The highest BCUT2D eigenvalue weighted by Crippen LogP contribution is 2.35. The van der Waals surface area contributed by atoms with Gasteiger partial charge in [0.25, 0.3) is 0 Å². The van der Waals surface area contributed by atoms with Gasteiger partial charge in [0, 0.05) is 15.9 Å². The Labute approximate surface area is 131 Å². The first-order valence-corrected chi connectivity index (χ1v) is 8.80. The van der Waals surface area contributed by atoms with Crippen molar-refractivity contribution >= 4 is 38.9 Å². The average Bonchev–Trinajstić information content (AvgIpc) is 2.96. The lowest BCUT2D eigenvalue weighted by Gasteiger charge is -2.22. The Morgan fingerprint density at radius 2 is 2.20 bits per heavy atom. The molecular formula is C16H16BrNOS. The number of benzene rings is 1. The Morgan fingerprint density at radius 1 is 1.35 bits per heavy atom. The van der Waals surface area contributed by atoms with E-state index in [1.165, 1.54) is 10.4 Å². The van der Waals surface area contributed by atoms with Gasteiger partial charge in [-0.2, -0.15) is 0 Å². The Morgan fingerprint density at radius 3 is 3.05 bits per heavy atom. The summed E-state index contributed by atoms with van der Waals surface area (Å²) in [5.41, 5.74) is 3.26. The normalized spacial score (nSPS) is 17.6. The molecule has 1 aromatic carbocycles. The first-order valence-electron chi connectivity index (χ1n) is 6.80. The van der Waals surface area contributed by atoms with E-state index in [2.05, 4.69) is 32.7 Å². The van der Waals surface area contributed by atoms with Crippen LogP contribution in [0.15, 0.2) is 35.7 Å². The Balaban J connectivity index is 1.81. The first-order chi connectivity index (χ1) is 9.79. The van der Waals surface area contributed by atoms with E-state index in [0.29, 0.717) is 0 Å². The fourth-order valence-electron chi connectivity index (χ4n) is 2.74. The van der Waals surface area contributed by atoms with Crippen molar-refractivity contribution in [2.75, 3.05) is 5.32 Å². The monoisotopic (exact) mass is 349 g/mol. The summed E-state index contributed by atoms with van der Waals surface area (Å²) in [6.45, 7) is 0. The maximum Gasteiger partial charge on any atom is 0.231 e. The van der Waals surface area contributed by atoms with Crippen molar-refractivity contribution in [1.82, 2.24) is 0 Å². The third-order valence-electron chi connectivity index (χ3n) is 3.79. The molecule has 1 N–H and O–H groups in total. The predicted octanol–water partition coefficient (Wildman–Crippen LogP) is 4.70. The lowest BCUT2D eigenvalue weighted by Crippen LogP contribution is -2.24. The molecule has 104 valence electrons. The summed E-state index contributed by atoms with van der Waals surface area (Å²) < 4.78 is 0. The molecule has 1 amide bonds. The van der Waals surface area contributed by atoms with E-state index in [-0.39, 0.29) is 11.8 Å². The molecule has 2 aromatic rings. The second-order valence-electron chi connectivity index (χ2n) is 5.02. The van der Waals surface area contributed by atoms with Gasteiger partial charge in [0.15, 0.2) is 0 Å². The number of alkyl halides is 1. The summed E-state index contributed by atoms with van der Waals surface area (Å²) in [6, 6.07) is 10.1. The minimum absolute atomic E-state index is 0.00776. The molecule has 1 aliphatic rings. The van der Waals surface area contributed by atoms with Crippen LogP contribution in [0.25, 0.3) is 0 Å². The zero-order valence-electron chi connectivity index (χ0n) is 11.1. The number of aryl methyl sites for hydroxylation is 1. The second kappa shape index (κ2) is 6.10. The zero-order chi connectivity index (χ0) is 13.9. The lowest BCUT2D eigenvalue weighted by atomic mass is 9.87. The van der Waals surface area contributed by atoms with E-state index >= 15 is 0 Å². The molecule has 1 aliphatic carbocycles. The number of anilines is 1. The fraction of sp³-hybridized carbons (Fsp3) is 0.312. The molecule has 0 radical (unpaired) electrons. The Bertz CT molecular complexity index is 622. The number of hydrogen-bond acceptors (Lipinski definition) is 2. The molecule has 0 spiro atoms. The molecule has 1 unspecified atom stereocenters. The zero-order valence-corrected chi connectivity index (χ0v) is 13.5. The van der Waals surface area contributed by atoms with Gasteiger partial charge in [-0.25, -0.2) is 0 Å². The molecule has 4 heteroatoms. The molecule has 1 aromatic heterocycles. The third kappa shape index (κ3) is 2.67. The highest BCUT2D eigenvalue weighted by molar-refractivity contribution is 9.08. The highest BCUT2D eigenvalue weighted by atomic mass is 79.9. The van der Waals surface area contributed by atoms with Crippen LogP contribution in [0.2, 0.25) is 0 Å². The number of halogens is 1. The summed E-state index contributed by atoms with van der Waals surface area (Å²) in [4.78, 5) is 14.0. The van der Waals surface area contributed by atoms with Gasteiger partial charge in [0.1, 0.15) is 0 Å². The summed E-state index contributed by atoms with van der Waals surface area (Å²) in [5.74, 6) is 0.131. The number of hydrogen-bond donors (Lipinski definition) is 1. The molecule has 0 fully saturated rings. The number of rotatable bonds is 3. The van der Waals surface area contributed by atoms with Crippen LogP contribution in [-0.2, 0) is 16.5 Å². The van der Waals surface area contributed by atoms with E-state index in [4.69, 9.17) is 0 Å². The van der Waals surface area contributed by atoms with Gasteiger partial charge >= 0.3 is 0 Å². The summed E-state index contributed by atoms with van der Waals surface area (Å²) in [5, 5.41) is 5.95. The quantitative estimate of drug-likeness (QED) is 0.799. The third-order valence-corrected chi connectivity index (χ3v) is 5.39. The number of amides is 1. The molecule has 0 saturated carbocycles. The molecule has 1 atom stereocenters. The standard InChI is InChI=1S/C16H16BrNOS/c17-10-11-4-1-2-6-14(11)18-16(19)13-5-3-7-15-12(13)8-9-20-15/h1-2,4,6,8-9,13H,3,5,7,10H2,(H,18,19). The van der Waals surface area contributed by atoms with E-state index < -0.39 is 0 Å². The second-order valence-corrected chi connectivity index (χ2v) is 6.59. The van der Waals surface area contributed by atoms with Gasteiger partial charge in [-0.3, -0.25) is 4.79 Å². The van der Waals surface area contributed by atoms with Gasteiger partial charge in [-0.15, -0.1) is 11.3 Å². The minimum Gasteiger partial charge on any atom is -0.325 e. The van der Waals surface area contributed by atoms with E-state index in [1.54, 1.807) is 11.3 Å². The largest absolute Gasteiger partial charge is 0.325 e. The molecule has 1 heterocycles. The van der Waals surface area contributed by atoms with Crippen LogP contribution >= 0.6 is 27.3 Å². The number of carbonyl (C=O) groups excluding carboxylic acids is 1. The van der Waals surface area contributed by atoms with Gasteiger partial charge in [0.2, 0.25) is 5.91 Å². The van der Waals surface area contributed by atoms with Crippen LogP contribution in [0.3, 0.4) is 0 Å². The fourth-order valence-corrected chi connectivity index (χ4v) is 4.21. The van der Waals surface area contributed by atoms with Crippen LogP contribution < -0.4 is 5.32 Å². The van der Waals surface area contributed by atoms with E-state index in [9.17, 15) is 4.79 Å². The van der Waals surface area contributed by atoms with Crippen molar-refractivity contribution < 1.29 is 4.79 Å². The number of nitrogens with one attached hydrogen (secondary N) is 1. The summed E-state index contributed by atoms with van der Waals surface area (Å²) in [6.07, 6.45) is 3.17. The van der Waals surface area contributed by atoms with E-state index in [1.807, 2.05) is 24.3 Å². The van der Waals surface area contributed by atoms with Crippen LogP contribution in [-0.4, -0.2) is 5.91 Å². The van der Waals surface area contributed by atoms with Crippen molar-refractivity contribution in [2.24, 2.45) is 0 Å². The predicted molar refractivity (Wildman–Crippen MR) is 87.7 cm³/mol. The first kappa shape index (κ1) is 13.8. The molecule has 20 heavy (non-hydrogen) atoms. The van der Waals surface area contributed by atoms with Gasteiger partial charge in [-0.1, -0.05) is 34.1 Å². The molecule has 0 aliphatic heterocycles. The summed E-state index contributed by atoms with van der Waals surface area (Å²) >= 11 is 5.24. The topological polar surface area (TPSA) is 29.1 Å². The van der Waals surface area contributed by atoms with E-state index in [0.717, 1.165) is 35.8 Å². The lowest BCUT2D eigenvalue weighted by molar-refractivity contribution is -0.117. The Kier molecular flexibility index (Phi) is 4.22. The maximum atomic E-state index is 12.6. The van der Waals surface area contributed by atoms with Gasteiger partial charge < -0.3 is 5.32 Å². The smallest absolute Gasteiger partial charge is 0.231 e. The number of fused-ring (bicyclic) bond motifs is 1. The van der Waals surface area contributed by atoms with Crippen molar-refractivity contribution in [3.63, 3.8) is 0 Å². The summed E-state index contributed by atoms with van der Waals surface area (Å²) in [7, 11) is 0. The van der Waals surface area contributed by atoms with Gasteiger partial charge in [-0.05, 0) is 47.9 Å². The van der Waals surface area contributed by atoms with Gasteiger partial charge in [0.05, 0.1) is 5.92 Å². The Hall–Kier alpha value is -1.13. The molecule has 0 bridgehead atoms. The number of para-hydroxylation sites is 1. The van der Waals surface area contributed by atoms with Crippen LogP contribution in [0, 0.1) is 0 Å². The van der Waals surface area contributed by atoms with Crippen molar-refractivity contribution in [1.29, 1.82) is 0 Å². The maximum absolute atomic E-state index is 12.6. The van der Waals surface area contributed by atoms with Crippen LogP contribution in [0.1, 0.15) is 34.8 Å². The molecule has 0 saturated heterocycles. The van der Waals surface area contributed by atoms with Crippen LogP contribution in [0.5, 0.6) is 0 Å². The molecule has 2 nitrogen and oxygen atoms in total. The number of carbonyl (C=O) groups is 1. The van der Waals surface area contributed by atoms with Crippen LogP contribution in [0.4, 0.5) is 5.69 Å². The van der Waals surface area contributed by atoms with Crippen molar-refractivity contribution in [3.05, 3.63) is 51.7 Å². The number of thiophene rings is 1. The molecule has 3 rings (SSSR count). The van der Waals surface area contributed by atoms with Crippen molar-refractivity contribution in [3.8, 4) is 0 Å². The minimum atomic E-state index is 0.00776.